The molecule has 0 saturated heterocycles. The van der Waals surface area contributed by atoms with Crippen LogP contribution in [-0.4, -0.2) is 49.6 Å². The summed E-state index contributed by atoms with van der Waals surface area (Å²) in [6.07, 6.45) is 7.33. The Morgan fingerprint density at radius 1 is 1.12 bits per heavy atom. The van der Waals surface area contributed by atoms with Gasteiger partial charge in [0, 0.05) is 11.3 Å². The molecule has 0 spiro atoms. The largest absolute Gasteiger partial charge is 0.393 e. The van der Waals surface area contributed by atoms with E-state index in [-0.39, 0.29) is 40.3 Å². The summed E-state index contributed by atoms with van der Waals surface area (Å²) >= 11 is 0. The molecule has 0 radical (unpaired) electrons. The zero-order valence-corrected chi connectivity index (χ0v) is 20.6. The first-order chi connectivity index (χ1) is 14.7. The van der Waals surface area contributed by atoms with Crippen LogP contribution in [0, 0.1) is 34.5 Å². The second kappa shape index (κ2) is 7.90. The number of carbonyl (C=O) groups is 1. The SMILES string of the molecule is C[C@H]([C@H](O)CCC(C)(C)O)[C@H]1CC[C@@]2(O)C3=CC(=O)[C@@H]4C[C@H](O)CC[C@]4(C)[C@H]3CC[C@]12C. The van der Waals surface area contributed by atoms with Gasteiger partial charge in [0.15, 0.2) is 5.78 Å². The molecule has 32 heavy (non-hydrogen) atoms. The van der Waals surface area contributed by atoms with Crippen LogP contribution < -0.4 is 0 Å². The Labute approximate surface area is 193 Å². The van der Waals surface area contributed by atoms with Gasteiger partial charge in [-0.3, -0.25) is 4.79 Å². The molecule has 4 N–H and O–H groups in total. The van der Waals surface area contributed by atoms with Gasteiger partial charge in [0.2, 0.25) is 0 Å². The van der Waals surface area contributed by atoms with Gasteiger partial charge < -0.3 is 20.4 Å². The van der Waals surface area contributed by atoms with E-state index in [0.717, 1.165) is 37.7 Å². The van der Waals surface area contributed by atoms with Crippen LogP contribution in [0.4, 0.5) is 0 Å². The summed E-state index contributed by atoms with van der Waals surface area (Å²) in [5.41, 5.74) is -1.43. The van der Waals surface area contributed by atoms with Gasteiger partial charge in [-0.25, -0.2) is 0 Å². The van der Waals surface area contributed by atoms with Gasteiger partial charge in [0.05, 0.1) is 23.4 Å². The molecule has 182 valence electrons. The highest BCUT2D eigenvalue weighted by Crippen LogP contribution is 2.68. The van der Waals surface area contributed by atoms with E-state index in [4.69, 9.17) is 0 Å². The Kier molecular flexibility index (Phi) is 6.02. The Hall–Kier alpha value is -0.750. The van der Waals surface area contributed by atoms with Crippen LogP contribution in [0.5, 0.6) is 0 Å². The average Bonchev–Trinajstić information content (AvgIpc) is 2.98. The van der Waals surface area contributed by atoms with Crippen LogP contribution in [0.15, 0.2) is 11.6 Å². The van der Waals surface area contributed by atoms with Crippen molar-refractivity contribution in [2.45, 2.75) is 116 Å². The number of aliphatic hydroxyl groups is 4. The molecular weight excluding hydrogens is 404 g/mol. The van der Waals surface area contributed by atoms with E-state index in [1.54, 1.807) is 19.9 Å². The molecule has 0 aromatic heterocycles. The van der Waals surface area contributed by atoms with Gasteiger partial charge >= 0.3 is 0 Å². The molecule has 0 aromatic rings. The molecule has 0 bridgehead atoms. The minimum Gasteiger partial charge on any atom is -0.393 e. The van der Waals surface area contributed by atoms with Crippen molar-refractivity contribution in [2.75, 3.05) is 0 Å². The van der Waals surface area contributed by atoms with Crippen LogP contribution >= 0.6 is 0 Å². The number of ketones is 1. The summed E-state index contributed by atoms with van der Waals surface area (Å²) in [6.45, 7) is 10.0. The topological polar surface area (TPSA) is 98.0 Å². The van der Waals surface area contributed by atoms with E-state index in [1.807, 2.05) is 0 Å². The van der Waals surface area contributed by atoms with Crippen molar-refractivity contribution in [1.29, 1.82) is 0 Å². The molecular formula is C27H44O5. The molecule has 0 amide bonds. The molecule has 0 aromatic carbocycles. The van der Waals surface area contributed by atoms with E-state index in [9.17, 15) is 25.2 Å². The second-order valence-electron chi connectivity index (χ2n) is 12.8. The van der Waals surface area contributed by atoms with E-state index < -0.39 is 23.4 Å². The maximum atomic E-state index is 13.2. The first-order valence-electron chi connectivity index (χ1n) is 12.8. The molecule has 4 aliphatic carbocycles. The number of hydrogen-bond donors (Lipinski definition) is 4. The minimum atomic E-state index is -1.01. The fraction of sp³-hybridized carbons (Fsp3) is 0.889. The van der Waals surface area contributed by atoms with Crippen molar-refractivity contribution in [3.8, 4) is 0 Å². The Balaban J connectivity index is 1.61. The number of fused-ring (bicyclic) bond motifs is 5. The molecule has 4 rings (SSSR count). The van der Waals surface area contributed by atoms with Gasteiger partial charge in [0.1, 0.15) is 0 Å². The summed E-state index contributed by atoms with van der Waals surface area (Å²) in [4.78, 5) is 13.2. The third-order valence-corrected chi connectivity index (χ3v) is 10.4. The highest BCUT2D eigenvalue weighted by Gasteiger charge is 2.66. The first-order valence-corrected chi connectivity index (χ1v) is 12.8. The first kappa shape index (κ1) is 24.4. The lowest BCUT2D eigenvalue weighted by Gasteiger charge is -2.59. The smallest absolute Gasteiger partial charge is 0.159 e. The fourth-order valence-corrected chi connectivity index (χ4v) is 8.23. The number of allylic oxidation sites excluding steroid dienone is 1. The van der Waals surface area contributed by atoms with E-state index >= 15 is 0 Å². The predicted molar refractivity (Wildman–Crippen MR) is 124 cm³/mol. The van der Waals surface area contributed by atoms with Gasteiger partial charge in [-0.05, 0) is 106 Å². The Morgan fingerprint density at radius 3 is 2.47 bits per heavy atom. The van der Waals surface area contributed by atoms with E-state index in [2.05, 4.69) is 20.8 Å². The summed E-state index contributed by atoms with van der Waals surface area (Å²) in [5, 5.41) is 43.4. The Bertz CT molecular complexity index is 783. The van der Waals surface area contributed by atoms with Crippen molar-refractivity contribution >= 4 is 5.78 Å². The van der Waals surface area contributed by atoms with Crippen molar-refractivity contribution in [2.24, 2.45) is 34.5 Å². The maximum absolute atomic E-state index is 13.2. The molecule has 5 heteroatoms. The van der Waals surface area contributed by atoms with Crippen LogP contribution in [0.3, 0.4) is 0 Å². The molecule has 0 unspecified atom stereocenters. The van der Waals surface area contributed by atoms with Crippen molar-refractivity contribution in [3.05, 3.63) is 11.6 Å². The van der Waals surface area contributed by atoms with Crippen LogP contribution in [0.1, 0.15) is 92.4 Å². The lowest BCUT2D eigenvalue weighted by Crippen LogP contribution is -2.59. The monoisotopic (exact) mass is 448 g/mol. The highest BCUT2D eigenvalue weighted by atomic mass is 16.3. The predicted octanol–water partition coefficient (Wildman–Crippen LogP) is 3.77. The van der Waals surface area contributed by atoms with Crippen LogP contribution in [-0.2, 0) is 4.79 Å². The fourth-order valence-electron chi connectivity index (χ4n) is 8.23. The van der Waals surface area contributed by atoms with Crippen molar-refractivity contribution < 1.29 is 25.2 Å². The lowest BCUT2D eigenvalue weighted by molar-refractivity contribution is -0.142. The van der Waals surface area contributed by atoms with Gasteiger partial charge in [-0.2, -0.15) is 0 Å². The zero-order chi connectivity index (χ0) is 23.7. The van der Waals surface area contributed by atoms with Gasteiger partial charge in [-0.15, -0.1) is 0 Å². The summed E-state index contributed by atoms with van der Waals surface area (Å²) in [6, 6.07) is 0. The molecule has 4 aliphatic rings. The van der Waals surface area contributed by atoms with Crippen molar-refractivity contribution in [1.82, 2.24) is 0 Å². The molecule has 0 aliphatic heterocycles. The lowest BCUT2D eigenvalue weighted by atomic mass is 9.46. The number of hydrogen-bond acceptors (Lipinski definition) is 5. The van der Waals surface area contributed by atoms with Gasteiger partial charge in [-0.1, -0.05) is 20.8 Å². The minimum absolute atomic E-state index is 0.0148. The molecule has 3 saturated carbocycles. The van der Waals surface area contributed by atoms with Crippen molar-refractivity contribution in [3.63, 3.8) is 0 Å². The van der Waals surface area contributed by atoms with E-state index in [1.165, 1.54) is 0 Å². The average molecular weight is 449 g/mol. The van der Waals surface area contributed by atoms with Crippen LogP contribution in [0.2, 0.25) is 0 Å². The maximum Gasteiger partial charge on any atom is 0.159 e. The second-order valence-corrected chi connectivity index (χ2v) is 12.8. The molecule has 0 heterocycles. The molecule has 5 nitrogen and oxygen atoms in total. The standard InChI is InChI=1S/C27H44O5/c1-16(22(29)9-10-24(2,3)31)18-8-13-27(32)20-15-23(30)21-14-17(28)6-11-25(21,4)19(20)7-12-26(18,27)5/h15-19,21-22,28-29,31-32H,6-14H2,1-5H3/t16-,17+,18+,19-,21-,22+,25+,26+,27+/m0/s1. The normalized spacial score (nSPS) is 46.0. The van der Waals surface area contributed by atoms with E-state index in [0.29, 0.717) is 25.7 Å². The number of carbonyl (C=O) groups excluding carboxylic acids is 1. The number of aliphatic hydroxyl groups excluding tert-OH is 2. The third kappa shape index (κ3) is 3.62. The summed E-state index contributed by atoms with van der Waals surface area (Å²) in [5.74, 6) is 0.301. The Morgan fingerprint density at radius 2 is 1.81 bits per heavy atom. The quantitative estimate of drug-likeness (QED) is 0.513. The molecule has 3 fully saturated rings. The molecule has 9 atom stereocenters. The highest BCUT2D eigenvalue weighted by molar-refractivity contribution is 5.95. The summed E-state index contributed by atoms with van der Waals surface area (Å²) in [7, 11) is 0. The zero-order valence-electron chi connectivity index (χ0n) is 20.6. The van der Waals surface area contributed by atoms with Gasteiger partial charge in [0.25, 0.3) is 0 Å². The van der Waals surface area contributed by atoms with Crippen LogP contribution in [0.25, 0.3) is 0 Å². The third-order valence-electron chi connectivity index (χ3n) is 10.4. The number of rotatable bonds is 5. The summed E-state index contributed by atoms with van der Waals surface area (Å²) < 4.78 is 0.